The minimum atomic E-state index is -0.138. The first-order valence-electron chi connectivity index (χ1n) is 6.87. The van der Waals surface area contributed by atoms with Gasteiger partial charge < -0.3 is 20.5 Å². The third-order valence-corrected chi connectivity index (χ3v) is 3.70. The van der Waals surface area contributed by atoms with Crippen LogP contribution >= 0.6 is 0 Å². The van der Waals surface area contributed by atoms with Crippen molar-refractivity contribution in [2.75, 3.05) is 31.2 Å². The first-order chi connectivity index (χ1) is 9.83. The van der Waals surface area contributed by atoms with Crippen LogP contribution in [0.25, 0.3) is 10.9 Å². The summed E-state index contributed by atoms with van der Waals surface area (Å²) >= 11 is 0. The van der Waals surface area contributed by atoms with E-state index in [1.807, 2.05) is 24.4 Å². The van der Waals surface area contributed by atoms with Gasteiger partial charge in [0.05, 0.1) is 30.5 Å². The van der Waals surface area contributed by atoms with Gasteiger partial charge in [-0.2, -0.15) is 0 Å². The molecule has 1 aromatic heterocycles. The van der Waals surface area contributed by atoms with Gasteiger partial charge in [-0.3, -0.25) is 4.98 Å². The van der Waals surface area contributed by atoms with E-state index in [0.29, 0.717) is 19.7 Å². The van der Waals surface area contributed by atoms with Gasteiger partial charge in [-0.15, -0.1) is 0 Å². The minimum absolute atomic E-state index is 0.0392. The summed E-state index contributed by atoms with van der Waals surface area (Å²) in [6.45, 7) is 2.59. The summed E-state index contributed by atoms with van der Waals surface area (Å²) in [4.78, 5) is 6.71. The number of nitrogens with two attached hydrogens (primary N) is 1. The first-order valence-corrected chi connectivity index (χ1v) is 6.87. The van der Waals surface area contributed by atoms with Gasteiger partial charge >= 0.3 is 0 Å². The molecule has 1 aromatic carbocycles. The zero-order chi connectivity index (χ0) is 13.9. The molecule has 1 aliphatic heterocycles. The predicted molar refractivity (Wildman–Crippen MR) is 78.7 cm³/mol. The molecule has 0 bridgehead atoms. The predicted octanol–water partition coefficient (Wildman–Crippen LogP) is 0.891. The van der Waals surface area contributed by atoms with Crippen molar-refractivity contribution >= 4 is 16.6 Å². The van der Waals surface area contributed by atoms with Crippen molar-refractivity contribution in [1.82, 2.24) is 4.98 Å². The molecule has 1 unspecified atom stereocenters. The SMILES string of the molecule is NCc1cnc2ccccc2c1N1CCOC(CO)C1. The Bertz CT molecular complexity index is 603. The number of aromatic nitrogens is 1. The monoisotopic (exact) mass is 273 g/mol. The summed E-state index contributed by atoms with van der Waals surface area (Å²) in [7, 11) is 0. The molecular formula is C15H19N3O2. The molecule has 0 amide bonds. The largest absolute Gasteiger partial charge is 0.394 e. The highest BCUT2D eigenvalue weighted by Gasteiger charge is 2.23. The normalized spacial score (nSPS) is 19.5. The Balaban J connectivity index is 2.08. The lowest BCUT2D eigenvalue weighted by molar-refractivity contribution is 0.00360. The fourth-order valence-electron chi connectivity index (χ4n) is 2.72. The van der Waals surface area contributed by atoms with Crippen molar-refractivity contribution in [3.8, 4) is 0 Å². The van der Waals surface area contributed by atoms with E-state index in [9.17, 15) is 5.11 Å². The summed E-state index contributed by atoms with van der Waals surface area (Å²) in [5.74, 6) is 0. The molecule has 1 fully saturated rings. The standard InChI is InChI=1S/C15H19N3O2/c16-7-11-8-17-14-4-2-1-3-13(14)15(11)18-5-6-20-12(9-18)10-19/h1-4,8,12,19H,5-7,9-10,16H2. The van der Waals surface area contributed by atoms with Crippen LogP contribution in [-0.4, -0.2) is 42.5 Å². The van der Waals surface area contributed by atoms with Crippen LogP contribution in [-0.2, 0) is 11.3 Å². The highest BCUT2D eigenvalue weighted by Crippen LogP contribution is 2.30. The number of benzene rings is 1. The van der Waals surface area contributed by atoms with E-state index < -0.39 is 0 Å². The van der Waals surface area contributed by atoms with Gasteiger partial charge in [0.1, 0.15) is 0 Å². The molecule has 5 nitrogen and oxygen atoms in total. The van der Waals surface area contributed by atoms with Crippen molar-refractivity contribution in [1.29, 1.82) is 0 Å². The number of rotatable bonds is 3. The zero-order valence-electron chi connectivity index (χ0n) is 11.3. The Labute approximate surface area is 118 Å². The lowest BCUT2D eigenvalue weighted by Crippen LogP contribution is -2.44. The van der Waals surface area contributed by atoms with Crippen LogP contribution < -0.4 is 10.6 Å². The van der Waals surface area contributed by atoms with Crippen LogP contribution in [0, 0.1) is 0 Å². The Hall–Kier alpha value is -1.69. The Morgan fingerprint density at radius 1 is 1.40 bits per heavy atom. The molecule has 1 atom stereocenters. The van der Waals surface area contributed by atoms with E-state index in [2.05, 4.69) is 16.0 Å². The van der Waals surface area contributed by atoms with Gasteiger partial charge in [-0.05, 0) is 6.07 Å². The zero-order valence-corrected chi connectivity index (χ0v) is 11.3. The highest BCUT2D eigenvalue weighted by molar-refractivity contribution is 5.93. The summed E-state index contributed by atoms with van der Waals surface area (Å²) in [5, 5.41) is 10.4. The van der Waals surface area contributed by atoms with E-state index >= 15 is 0 Å². The molecule has 3 rings (SSSR count). The Morgan fingerprint density at radius 2 is 2.25 bits per heavy atom. The van der Waals surface area contributed by atoms with Gasteiger partial charge in [0.15, 0.2) is 0 Å². The number of aliphatic hydroxyl groups is 1. The molecule has 0 saturated carbocycles. The van der Waals surface area contributed by atoms with E-state index in [-0.39, 0.29) is 12.7 Å². The highest BCUT2D eigenvalue weighted by atomic mass is 16.5. The second-order valence-electron chi connectivity index (χ2n) is 4.97. The number of hydrogen-bond donors (Lipinski definition) is 2. The van der Waals surface area contributed by atoms with Crippen molar-refractivity contribution in [3.63, 3.8) is 0 Å². The number of fused-ring (bicyclic) bond motifs is 1. The molecule has 0 aliphatic carbocycles. The molecule has 2 aromatic rings. The topological polar surface area (TPSA) is 71.6 Å². The van der Waals surface area contributed by atoms with Crippen molar-refractivity contribution < 1.29 is 9.84 Å². The smallest absolute Gasteiger partial charge is 0.0980 e. The lowest BCUT2D eigenvalue weighted by Gasteiger charge is -2.35. The molecule has 106 valence electrons. The third kappa shape index (κ3) is 2.35. The number of para-hydroxylation sites is 1. The number of hydrogen-bond acceptors (Lipinski definition) is 5. The average molecular weight is 273 g/mol. The summed E-state index contributed by atoms with van der Waals surface area (Å²) in [6, 6.07) is 8.07. The average Bonchev–Trinajstić information content (AvgIpc) is 2.53. The van der Waals surface area contributed by atoms with E-state index in [0.717, 1.165) is 28.7 Å². The van der Waals surface area contributed by atoms with Gasteiger partial charge in [0.2, 0.25) is 0 Å². The number of pyridine rings is 1. The van der Waals surface area contributed by atoms with Crippen molar-refractivity contribution in [2.45, 2.75) is 12.6 Å². The molecule has 5 heteroatoms. The second-order valence-corrected chi connectivity index (χ2v) is 4.97. The number of morpholine rings is 1. The maximum Gasteiger partial charge on any atom is 0.0980 e. The van der Waals surface area contributed by atoms with Gasteiger partial charge in [0, 0.05) is 36.8 Å². The maximum atomic E-state index is 9.31. The van der Waals surface area contributed by atoms with Crippen LogP contribution in [0.1, 0.15) is 5.56 Å². The van der Waals surface area contributed by atoms with Crippen molar-refractivity contribution in [3.05, 3.63) is 36.0 Å². The summed E-state index contributed by atoms with van der Waals surface area (Å²) in [6.07, 6.45) is 1.71. The maximum absolute atomic E-state index is 9.31. The Kier molecular flexibility index (Phi) is 3.82. The molecule has 1 aliphatic rings. The van der Waals surface area contributed by atoms with Gasteiger partial charge in [0.25, 0.3) is 0 Å². The number of nitrogens with zero attached hydrogens (tertiary/aromatic N) is 2. The van der Waals surface area contributed by atoms with Gasteiger partial charge in [-0.25, -0.2) is 0 Å². The number of anilines is 1. The number of ether oxygens (including phenoxy) is 1. The molecule has 20 heavy (non-hydrogen) atoms. The minimum Gasteiger partial charge on any atom is -0.394 e. The van der Waals surface area contributed by atoms with Crippen LogP contribution in [0.2, 0.25) is 0 Å². The van der Waals surface area contributed by atoms with E-state index in [1.54, 1.807) is 0 Å². The molecule has 0 radical (unpaired) electrons. The van der Waals surface area contributed by atoms with Crippen LogP contribution in [0.5, 0.6) is 0 Å². The summed E-state index contributed by atoms with van der Waals surface area (Å²) in [5.41, 5.74) is 8.99. The molecule has 0 spiro atoms. The second kappa shape index (κ2) is 5.75. The molecule has 1 saturated heterocycles. The lowest BCUT2D eigenvalue weighted by atomic mass is 10.1. The fraction of sp³-hybridized carbons (Fsp3) is 0.400. The first kappa shape index (κ1) is 13.3. The molecule has 2 heterocycles. The van der Waals surface area contributed by atoms with E-state index in [4.69, 9.17) is 10.5 Å². The van der Waals surface area contributed by atoms with Crippen LogP contribution in [0.3, 0.4) is 0 Å². The quantitative estimate of drug-likeness (QED) is 0.869. The van der Waals surface area contributed by atoms with Crippen molar-refractivity contribution in [2.24, 2.45) is 5.73 Å². The van der Waals surface area contributed by atoms with Crippen LogP contribution in [0.15, 0.2) is 30.5 Å². The Morgan fingerprint density at radius 3 is 3.05 bits per heavy atom. The number of aliphatic hydroxyl groups excluding tert-OH is 1. The summed E-state index contributed by atoms with van der Waals surface area (Å²) < 4.78 is 5.53. The fourth-order valence-corrected chi connectivity index (χ4v) is 2.72. The van der Waals surface area contributed by atoms with E-state index in [1.165, 1.54) is 0 Å². The van der Waals surface area contributed by atoms with Crippen LogP contribution in [0.4, 0.5) is 5.69 Å². The molecular weight excluding hydrogens is 254 g/mol. The molecule has 3 N–H and O–H groups in total. The van der Waals surface area contributed by atoms with Gasteiger partial charge in [-0.1, -0.05) is 18.2 Å². The third-order valence-electron chi connectivity index (χ3n) is 3.70.